The Labute approximate surface area is 181 Å². The van der Waals surface area contributed by atoms with E-state index in [0.717, 1.165) is 16.9 Å². The summed E-state index contributed by atoms with van der Waals surface area (Å²) >= 11 is 12.9. The standard InChI is InChI=1S/C20H18Cl2N2O4S/c1-11-18(19(25)23-13-5-7-16(27-2)17(9-13)28-3)29-20(26)24(11)10-12-4-6-14(21)15(22)8-12/h4-9H,10H2,1-3H3,(H,23,25). The number of thiazole rings is 1. The zero-order valence-corrected chi connectivity index (χ0v) is 18.2. The fourth-order valence-corrected chi connectivity index (χ4v) is 4.00. The summed E-state index contributed by atoms with van der Waals surface area (Å²) in [6.07, 6.45) is 0. The van der Waals surface area contributed by atoms with Gasteiger partial charge in [0.05, 0.1) is 30.8 Å². The predicted octanol–water partition coefficient (Wildman–Crippen LogP) is 4.84. The van der Waals surface area contributed by atoms with Crippen LogP contribution in [0.3, 0.4) is 0 Å². The normalized spacial score (nSPS) is 10.7. The molecule has 0 saturated carbocycles. The van der Waals surface area contributed by atoms with Crippen LogP contribution in [0.25, 0.3) is 0 Å². The van der Waals surface area contributed by atoms with Gasteiger partial charge >= 0.3 is 4.87 Å². The second-order valence-corrected chi connectivity index (χ2v) is 7.92. The highest BCUT2D eigenvalue weighted by Crippen LogP contribution is 2.30. The van der Waals surface area contributed by atoms with Crippen molar-refractivity contribution in [3.63, 3.8) is 0 Å². The van der Waals surface area contributed by atoms with Gasteiger partial charge in [-0.15, -0.1) is 0 Å². The number of anilines is 1. The molecular formula is C20H18Cl2N2O4S. The van der Waals surface area contributed by atoms with E-state index in [1.807, 2.05) is 0 Å². The lowest BCUT2D eigenvalue weighted by Gasteiger charge is -2.11. The molecule has 1 amide bonds. The zero-order chi connectivity index (χ0) is 21.1. The number of methoxy groups -OCH3 is 2. The predicted molar refractivity (Wildman–Crippen MR) is 116 cm³/mol. The smallest absolute Gasteiger partial charge is 0.308 e. The molecule has 2 aromatic carbocycles. The summed E-state index contributed by atoms with van der Waals surface area (Å²) in [7, 11) is 3.05. The number of rotatable bonds is 6. The molecule has 0 aliphatic carbocycles. The van der Waals surface area contributed by atoms with Crippen LogP contribution < -0.4 is 19.7 Å². The number of aromatic nitrogens is 1. The molecule has 9 heteroatoms. The first-order valence-corrected chi connectivity index (χ1v) is 10.1. The highest BCUT2D eigenvalue weighted by Gasteiger charge is 2.19. The summed E-state index contributed by atoms with van der Waals surface area (Å²) in [5, 5.41) is 3.65. The first kappa shape index (κ1) is 21.2. The summed E-state index contributed by atoms with van der Waals surface area (Å²) in [5.41, 5.74) is 1.92. The zero-order valence-electron chi connectivity index (χ0n) is 15.9. The summed E-state index contributed by atoms with van der Waals surface area (Å²) in [5.74, 6) is 0.677. The number of hydrogen-bond acceptors (Lipinski definition) is 5. The molecule has 1 N–H and O–H groups in total. The second-order valence-electron chi connectivity index (χ2n) is 6.14. The first-order chi connectivity index (χ1) is 13.8. The molecule has 0 aliphatic rings. The number of nitrogens with one attached hydrogen (secondary N) is 1. The molecule has 29 heavy (non-hydrogen) atoms. The largest absolute Gasteiger partial charge is 0.493 e. The Bertz CT molecular complexity index is 1120. The highest BCUT2D eigenvalue weighted by atomic mass is 35.5. The lowest BCUT2D eigenvalue weighted by atomic mass is 10.2. The summed E-state index contributed by atoms with van der Waals surface area (Å²) in [4.78, 5) is 25.3. The maximum atomic E-state index is 12.7. The van der Waals surface area contributed by atoms with E-state index >= 15 is 0 Å². The van der Waals surface area contributed by atoms with Gasteiger partial charge in [-0.25, -0.2) is 0 Å². The second kappa shape index (κ2) is 8.90. The maximum absolute atomic E-state index is 12.7. The van der Waals surface area contributed by atoms with Crippen LogP contribution in [0.4, 0.5) is 5.69 Å². The SMILES string of the molecule is COc1ccc(NC(=O)c2sc(=O)n(Cc3ccc(Cl)c(Cl)c3)c2C)cc1OC. The lowest BCUT2D eigenvalue weighted by molar-refractivity contribution is 0.102. The summed E-state index contributed by atoms with van der Waals surface area (Å²) in [6.45, 7) is 2.03. The van der Waals surface area contributed by atoms with Gasteiger partial charge < -0.3 is 14.8 Å². The molecule has 1 heterocycles. The van der Waals surface area contributed by atoms with E-state index in [2.05, 4.69) is 5.32 Å². The van der Waals surface area contributed by atoms with Gasteiger partial charge in [0.2, 0.25) is 0 Å². The van der Waals surface area contributed by atoms with Crippen LogP contribution >= 0.6 is 34.5 Å². The minimum Gasteiger partial charge on any atom is -0.493 e. The molecule has 152 valence electrons. The van der Waals surface area contributed by atoms with Crippen LogP contribution in [0, 0.1) is 6.92 Å². The van der Waals surface area contributed by atoms with Crippen molar-refractivity contribution in [2.45, 2.75) is 13.5 Å². The van der Waals surface area contributed by atoms with Crippen LogP contribution in [0.15, 0.2) is 41.2 Å². The van der Waals surface area contributed by atoms with Gasteiger partial charge in [0, 0.05) is 17.4 Å². The van der Waals surface area contributed by atoms with E-state index < -0.39 is 0 Å². The molecule has 3 rings (SSSR count). The summed E-state index contributed by atoms with van der Waals surface area (Å²) < 4.78 is 12.0. The van der Waals surface area contributed by atoms with Gasteiger partial charge in [-0.05, 0) is 36.8 Å². The van der Waals surface area contributed by atoms with Crippen molar-refractivity contribution in [3.8, 4) is 11.5 Å². The number of amides is 1. The van der Waals surface area contributed by atoms with Gasteiger partial charge in [0.25, 0.3) is 5.91 Å². The van der Waals surface area contributed by atoms with Crippen molar-refractivity contribution in [3.05, 3.63) is 72.2 Å². The topological polar surface area (TPSA) is 69.6 Å². The lowest BCUT2D eigenvalue weighted by Crippen LogP contribution is -2.16. The molecule has 0 bridgehead atoms. The first-order valence-electron chi connectivity index (χ1n) is 8.51. The van der Waals surface area contributed by atoms with Crippen LogP contribution in [-0.4, -0.2) is 24.7 Å². The Morgan fingerprint density at radius 2 is 1.79 bits per heavy atom. The van der Waals surface area contributed by atoms with Crippen LogP contribution in [0.1, 0.15) is 20.9 Å². The maximum Gasteiger partial charge on any atom is 0.308 e. The number of carbonyl (C=O) groups is 1. The Balaban J connectivity index is 1.84. The highest BCUT2D eigenvalue weighted by molar-refractivity contribution is 7.11. The monoisotopic (exact) mass is 452 g/mol. The Morgan fingerprint density at radius 3 is 2.45 bits per heavy atom. The summed E-state index contributed by atoms with van der Waals surface area (Å²) in [6, 6.07) is 10.2. The number of hydrogen-bond donors (Lipinski definition) is 1. The van der Waals surface area contributed by atoms with Crippen LogP contribution in [0.2, 0.25) is 10.0 Å². The van der Waals surface area contributed by atoms with Crippen LogP contribution in [0.5, 0.6) is 11.5 Å². The fraction of sp³-hybridized carbons (Fsp3) is 0.200. The third-order valence-electron chi connectivity index (χ3n) is 4.32. The molecule has 1 aromatic heterocycles. The molecule has 0 atom stereocenters. The molecule has 0 unspecified atom stereocenters. The molecule has 0 saturated heterocycles. The van der Waals surface area contributed by atoms with Gasteiger partial charge in [0.15, 0.2) is 11.5 Å². The third-order valence-corrected chi connectivity index (χ3v) is 6.13. The molecular weight excluding hydrogens is 435 g/mol. The van der Waals surface area contributed by atoms with Gasteiger partial charge in [0.1, 0.15) is 4.88 Å². The third kappa shape index (κ3) is 4.58. The molecule has 6 nitrogen and oxygen atoms in total. The van der Waals surface area contributed by atoms with E-state index in [9.17, 15) is 9.59 Å². The Morgan fingerprint density at radius 1 is 1.07 bits per heavy atom. The van der Waals surface area contributed by atoms with Crippen molar-refractivity contribution < 1.29 is 14.3 Å². The number of nitrogens with zero attached hydrogens (tertiary/aromatic N) is 1. The van der Waals surface area contributed by atoms with E-state index in [1.54, 1.807) is 43.3 Å². The van der Waals surface area contributed by atoms with E-state index in [1.165, 1.54) is 18.8 Å². The van der Waals surface area contributed by atoms with Crippen molar-refractivity contribution in [1.82, 2.24) is 4.57 Å². The minimum atomic E-state index is -0.371. The minimum absolute atomic E-state index is 0.231. The quantitative estimate of drug-likeness (QED) is 0.580. The molecule has 0 fully saturated rings. The van der Waals surface area contributed by atoms with Gasteiger partial charge in [-0.3, -0.25) is 14.2 Å². The number of carbonyl (C=O) groups excluding carboxylic acids is 1. The van der Waals surface area contributed by atoms with Crippen molar-refractivity contribution in [2.75, 3.05) is 19.5 Å². The van der Waals surface area contributed by atoms with E-state index in [4.69, 9.17) is 32.7 Å². The molecule has 0 radical (unpaired) electrons. The van der Waals surface area contributed by atoms with Crippen LogP contribution in [-0.2, 0) is 6.54 Å². The van der Waals surface area contributed by atoms with Crippen molar-refractivity contribution in [1.29, 1.82) is 0 Å². The van der Waals surface area contributed by atoms with Crippen molar-refractivity contribution in [2.24, 2.45) is 0 Å². The fourth-order valence-electron chi connectivity index (χ4n) is 2.79. The Hall–Kier alpha value is -2.48. The molecule has 0 aliphatic heterocycles. The van der Waals surface area contributed by atoms with Gasteiger partial charge in [-0.1, -0.05) is 40.6 Å². The number of halogens is 2. The van der Waals surface area contributed by atoms with E-state index in [0.29, 0.717) is 44.3 Å². The van der Waals surface area contributed by atoms with E-state index in [-0.39, 0.29) is 10.8 Å². The average Bonchev–Trinajstić information content (AvgIpc) is 2.99. The Kier molecular flexibility index (Phi) is 6.52. The van der Waals surface area contributed by atoms with Gasteiger partial charge in [-0.2, -0.15) is 0 Å². The van der Waals surface area contributed by atoms with Crippen molar-refractivity contribution >= 4 is 46.1 Å². The number of ether oxygens (including phenoxy) is 2. The molecule has 0 spiro atoms. The molecule has 3 aromatic rings. The number of benzene rings is 2. The average molecular weight is 453 g/mol.